The molecule has 1 aromatic carbocycles. The summed E-state index contributed by atoms with van der Waals surface area (Å²) in [5.74, 6) is 0.654. The van der Waals surface area contributed by atoms with Crippen LogP contribution in [0.3, 0.4) is 0 Å². The quantitative estimate of drug-likeness (QED) is 0.405. The Balaban J connectivity index is 0.00000312. The molecule has 0 radical (unpaired) electrons. The normalized spacial score (nSPS) is 14.6. The highest BCUT2D eigenvalue weighted by molar-refractivity contribution is 14.0. The minimum absolute atomic E-state index is 0. The van der Waals surface area contributed by atoms with Crippen molar-refractivity contribution in [3.05, 3.63) is 30.3 Å². The van der Waals surface area contributed by atoms with E-state index in [9.17, 15) is 9.59 Å². The minimum Gasteiger partial charge on any atom is -0.357 e. The summed E-state index contributed by atoms with van der Waals surface area (Å²) in [7, 11) is 0. The monoisotopic (exact) mass is 459 g/mol. The maximum absolute atomic E-state index is 12.0. The van der Waals surface area contributed by atoms with Gasteiger partial charge in [-0.15, -0.1) is 24.0 Å². The van der Waals surface area contributed by atoms with Crippen molar-refractivity contribution < 1.29 is 9.59 Å². The number of benzene rings is 1. The fourth-order valence-electron chi connectivity index (χ4n) is 2.53. The van der Waals surface area contributed by atoms with E-state index in [1.54, 1.807) is 6.92 Å². The average Bonchev–Trinajstić information content (AvgIpc) is 2.59. The highest BCUT2D eigenvalue weighted by Gasteiger charge is 2.21. The van der Waals surface area contributed by atoms with Crippen LogP contribution < -0.4 is 10.6 Å². The number of piperazine rings is 1. The van der Waals surface area contributed by atoms with Crippen molar-refractivity contribution in [2.24, 2.45) is 4.99 Å². The first-order valence-corrected chi connectivity index (χ1v) is 8.24. The fraction of sp³-hybridized carbons (Fsp3) is 0.471. The smallest absolute Gasteiger partial charge is 0.246 e. The van der Waals surface area contributed by atoms with Crippen molar-refractivity contribution in [2.75, 3.05) is 44.6 Å². The molecule has 1 aliphatic rings. The SMILES string of the molecule is CCNC(=NCC(=O)Nc1ccccc1)N1CCN(C(C)=O)CC1.I. The molecular weight excluding hydrogens is 433 g/mol. The van der Waals surface area contributed by atoms with Gasteiger partial charge in [-0.25, -0.2) is 4.99 Å². The summed E-state index contributed by atoms with van der Waals surface area (Å²) in [4.78, 5) is 31.7. The van der Waals surface area contributed by atoms with E-state index in [-0.39, 0.29) is 42.3 Å². The Hall–Kier alpha value is -1.84. The van der Waals surface area contributed by atoms with Crippen LogP contribution in [0, 0.1) is 0 Å². The molecule has 2 N–H and O–H groups in total. The minimum atomic E-state index is -0.154. The molecule has 7 nitrogen and oxygen atoms in total. The van der Waals surface area contributed by atoms with Gasteiger partial charge in [0.1, 0.15) is 6.54 Å². The third kappa shape index (κ3) is 6.89. The van der Waals surface area contributed by atoms with Gasteiger partial charge in [0.2, 0.25) is 11.8 Å². The molecule has 0 aromatic heterocycles. The van der Waals surface area contributed by atoms with Crippen LogP contribution in [0.4, 0.5) is 5.69 Å². The van der Waals surface area contributed by atoms with Crippen LogP contribution in [0.25, 0.3) is 0 Å². The number of hydrogen-bond acceptors (Lipinski definition) is 3. The second-order valence-electron chi connectivity index (χ2n) is 5.58. The molecule has 1 fully saturated rings. The topological polar surface area (TPSA) is 77.0 Å². The van der Waals surface area contributed by atoms with Crippen molar-refractivity contribution in [1.29, 1.82) is 0 Å². The van der Waals surface area contributed by atoms with E-state index < -0.39 is 0 Å². The molecule has 1 saturated heterocycles. The number of nitrogens with zero attached hydrogens (tertiary/aromatic N) is 3. The third-order valence-corrected chi connectivity index (χ3v) is 3.79. The number of carbonyl (C=O) groups excluding carboxylic acids is 2. The first-order valence-electron chi connectivity index (χ1n) is 8.24. The number of hydrogen-bond donors (Lipinski definition) is 2. The van der Waals surface area contributed by atoms with Crippen LogP contribution in [-0.4, -0.2) is 66.8 Å². The van der Waals surface area contributed by atoms with E-state index in [1.165, 1.54) is 0 Å². The van der Waals surface area contributed by atoms with Gasteiger partial charge in [0.25, 0.3) is 0 Å². The van der Waals surface area contributed by atoms with E-state index >= 15 is 0 Å². The molecule has 2 rings (SSSR count). The zero-order chi connectivity index (χ0) is 17.4. The predicted molar refractivity (Wildman–Crippen MR) is 110 cm³/mol. The average molecular weight is 459 g/mol. The summed E-state index contributed by atoms with van der Waals surface area (Å²) >= 11 is 0. The molecule has 0 bridgehead atoms. The van der Waals surface area contributed by atoms with Crippen molar-refractivity contribution in [3.8, 4) is 0 Å². The molecule has 0 saturated carbocycles. The number of amides is 2. The predicted octanol–water partition coefficient (Wildman–Crippen LogP) is 1.37. The van der Waals surface area contributed by atoms with Crippen molar-refractivity contribution in [1.82, 2.24) is 15.1 Å². The Morgan fingerprint density at radius 3 is 2.24 bits per heavy atom. The van der Waals surface area contributed by atoms with E-state index in [0.717, 1.165) is 12.2 Å². The van der Waals surface area contributed by atoms with E-state index in [2.05, 4.69) is 20.5 Å². The molecular formula is C17H26IN5O2. The molecule has 25 heavy (non-hydrogen) atoms. The van der Waals surface area contributed by atoms with Gasteiger partial charge < -0.3 is 20.4 Å². The highest BCUT2D eigenvalue weighted by atomic mass is 127. The number of nitrogens with one attached hydrogen (secondary N) is 2. The standard InChI is InChI=1S/C17H25N5O2.HI/c1-3-18-17(22-11-9-21(10-12-22)14(2)23)19-13-16(24)20-15-7-5-4-6-8-15;/h4-8H,3,9-13H2,1-2H3,(H,18,19)(H,20,24);1H. The van der Waals surface area contributed by atoms with Crippen LogP contribution in [0.1, 0.15) is 13.8 Å². The lowest BCUT2D eigenvalue weighted by atomic mass is 10.3. The number of anilines is 1. The molecule has 2 amide bonds. The van der Waals surface area contributed by atoms with Gasteiger partial charge in [-0.3, -0.25) is 9.59 Å². The number of para-hydroxylation sites is 1. The Morgan fingerprint density at radius 1 is 1.08 bits per heavy atom. The molecule has 0 spiro atoms. The van der Waals surface area contributed by atoms with Gasteiger partial charge in [-0.05, 0) is 19.1 Å². The molecule has 0 unspecified atom stereocenters. The van der Waals surface area contributed by atoms with E-state index in [0.29, 0.717) is 32.1 Å². The molecule has 1 aromatic rings. The largest absolute Gasteiger partial charge is 0.357 e. The third-order valence-electron chi connectivity index (χ3n) is 3.79. The first kappa shape index (κ1) is 21.2. The molecule has 138 valence electrons. The fourth-order valence-corrected chi connectivity index (χ4v) is 2.53. The van der Waals surface area contributed by atoms with Crippen LogP contribution in [0.15, 0.2) is 35.3 Å². The lowest BCUT2D eigenvalue weighted by Crippen LogP contribution is -2.53. The molecule has 8 heteroatoms. The Morgan fingerprint density at radius 2 is 1.68 bits per heavy atom. The molecule has 1 aliphatic heterocycles. The maximum Gasteiger partial charge on any atom is 0.246 e. The summed E-state index contributed by atoms with van der Waals surface area (Å²) in [5.41, 5.74) is 0.762. The summed E-state index contributed by atoms with van der Waals surface area (Å²) < 4.78 is 0. The first-order chi connectivity index (χ1) is 11.6. The second-order valence-corrected chi connectivity index (χ2v) is 5.58. The summed E-state index contributed by atoms with van der Waals surface area (Å²) in [6.07, 6.45) is 0. The van der Waals surface area contributed by atoms with Crippen LogP contribution in [0.5, 0.6) is 0 Å². The van der Waals surface area contributed by atoms with Crippen molar-refractivity contribution in [2.45, 2.75) is 13.8 Å². The molecule has 0 atom stereocenters. The summed E-state index contributed by atoms with van der Waals surface area (Å²) in [6, 6.07) is 9.33. The van der Waals surface area contributed by atoms with Crippen molar-refractivity contribution in [3.63, 3.8) is 0 Å². The molecule has 1 heterocycles. The number of carbonyl (C=O) groups is 2. The number of aliphatic imine (C=N–C) groups is 1. The Kier molecular flexibility index (Phi) is 9.25. The van der Waals surface area contributed by atoms with Gasteiger partial charge in [0, 0.05) is 45.3 Å². The van der Waals surface area contributed by atoms with E-state index in [1.807, 2.05) is 42.2 Å². The van der Waals surface area contributed by atoms with E-state index in [4.69, 9.17) is 0 Å². The van der Waals surface area contributed by atoms with Crippen molar-refractivity contribution >= 4 is 47.4 Å². The maximum atomic E-state index is 12.0. The number of guanidine groups is 1. The van der Waals surface area contributed by atoms with Gasteiger partial charge >= 0.3 is 0 Å². The van der Waals surface area contributed by atoms with Crippen LogP contribution >= 0.6 is 24.0 Å². The number of rotatable bonds is 4. The Labute approximate surface area is 165 Å². The summed E-state index contributed by atoms with van der Waals surface area (Å²) in [5, 5.41) is 6.03. The lowest BCUT2D eigenvalue weighted by Gasteiger charge is -2.36. The van der Waals surface area contributed by atoms with Gasteiger partial charge in [-0.2, -0.15) is 0 Å². The second kappa shape index (κ2) is 10.9. The molecule has 0 aliphatic carbocycles. The summed E-state index contributed by atoms with van der Waals surface area (Å²) in [6.45, 7) is 7.15. The van der Waals surface area contributed by atoms with Gasteiger partial charge in [0.05, 0.1) is 0 Å². The Bertz CT molecular complexity index is 586. The highest BCUT2D eigenvalue weighted by Crippen LogP contribution is 2.05. The zero-order valence-corrected chi connectivity index (χ0v) is 17.0. The van der Waals surface area contributed by atoms with Crippen LogP contribution in [-0.2, 0) is 9.59 Å². The van der Waals surface area contributed by atoms with Gasteiger partial charge in [-0.1, -0.05) is 18.2 Å². The van der Waals surface area contributed by atoms with Crippen LogP contribution in [0.2, 0.25) is 0 Å². The lowest BCUT2D eigenvalue weighted by molar-refractivity contribution is -0.130. The number of halogens is 1. The van der Waals surface area contributed by atoms with Gasteiger partial charge in [0.15, 0.2) is 5.96 Å². The zero-order valence-electron chi connectivity index (χ0n) is 14.7.